The molecule has 29 heavy (non-hydrogen) atoms. The largest absolute Gasteiger partial charge is 0.462 e. The van der Waals surface area contributed by atoms with Gasteiger partial charge in [0.15, 0.2) is 0 Å². The van der Waals surface area contributed by atoms with Crippen LogP contribution in [-0.4, -0.2) is 24.5 Å². The van der Waals surface area contributed by atoms with Gasteiger partial charge in [-0.1, -0.05) is 37.3 Å². The zero-order valence-electron chi connectivity index (χ0n) is 16.8. The molecule has 1 heterocycles. The van der Waals surface area contributed by atoms with Gasteiger partial charge in [0, 0.05) is 17.4 Å². The van der Waals surface area contributed by atoms with Crippen molar-refractivity contribution in [2.75, 3.05) is 11.9 Å². The summed E-state index contributed by atoms with van der Waals surface area (Å²) in [5.41, 5.74) is 1.96. The van der Waals surface area contributed by atoms with E-state index in [0.717, 1.165) is 29.7 Å². The molecule has 0 radical (unpaired) electrons. The number of carbonyl (C=O) groups is 3. The lowest BCUT2D eigenvalue weighted by atomic mass is 9.88. The van der Waals surface area contributed by atoms with Crippen molar-refractivity contribution < 1.29 is 23.9 Å². The second kappa shape index (κ2) is 9.22. The van der Waals surface area contributed by atoms with Crippen molar-refractivity contribution in [2.45, 2.75) is 46.1 Å². The van der Waals surface area contributed by atoms with Crippen LogP contribution in [0.3, 0.4) is 0 Å². The minimum Gasteiger partial charge on any atom is -0.462 e. The van der Waals surface area contributed by atoms with Crippen LogP contribution in [0.5, 0.6) is 0 Å². The van der Waals surface area contributed by atoms with Gasteiger partial charge in [0.05, 0.1) is 12.2 Å². The number of benzene rings is 1. The summed E-state index contributed by atoms with van der Waals surface area (Å²) < 4.78 is 10.5. The summed E-state index contributed by atoms with van der Waals surface area (Å²) in [5, 5.41) is 3.29. The molecular formula is C22H25NO5S. The fourth-order valence-electron chi connectivity index (χ4n) is 3.50. The summed E-state index contributed by atoms with van der Waals surface area (Å²) in [4.78, 5) is 38.3. The molecule has 3 rings (SSSR count). The number of thiophene rings is 1. The number of fused-ring (bicyclic) bond motifs is 1. The van der Waals surface area contributed by atoms with Crippen LogP contribution in [0, 0.1) is 5.92 Å². The quantitative estimate of drug-likeness (QED) is 0.712. The van der Waals surface area contributed by atoms with Crippen LogP contribution >= 0.6 is 11.3 Å². The molecule has 1 aromatic heterocycles. The average molecular weight is 416 g/mol. The molecule has 0 aliphatic heterocycles. The normalized spacial score (nSPS) is 16.4. The van der Waals surface area contributed by atoms with E-state index < -0.39 is 23.9 Å². The van der Waals surface area contributed by atoms with E-state index in [1.54, 1.807) is 31.2 Å². The molecular weight excluding hydrogens is 390 g/mol. The first-order chi connectivity index (χ1) is 13.9. The fourth-order valence-corrected chi connectivity index (χ4v) is 4.90. The summed E-state index contributed by atoms with van der Waals surface area (Å²) in [6.07, 6.45) is 1.54. The lowest BCUT2D eigenvalue weighted by Crippen LogP contribution is -2.25. The van der Waals surface area contributed by atoms with E-state index in [4.69, 9.17) is 9.47 Å². The Labute approximate surface area is 174 Å². The Morgan fingerprint density at radius 1 is 1.24 bits per heavy atom. The van der Waals surface area contributed by atoms with Gasteiger partial charge in [0.25, 0.3) is 5.91 Å². The number of hydrogen-bond donors (Lipinski definition) is 1. The lowest BCUT2D eigenvalue weighted by Gasteiger charge is -2.18. The van der Waals surface area contributed by atoms with Crippen LogP contribution in [0.15, 0.2) is 30.3 Å². The Kier molecular flexibility index (Phi) is 6.69. The molecule has 1 amide bonds. The van der Waals surface area contributed by atoms with Crippen molar-refractivity contribution in [3.05, 3.63) is 51.9 Å². The van der Waals surface area contributed by atoms with Crippen LogP contribution in [0.4, 0.5) is 5.00 Å². The van der Waals surface area contributed by atoms with Crippen molar-refractivity contribution in [1.29, 1.82) is 0 Å². The zero-order valence-corrected chi connectivity index (χ0v) is 17.6. The van der Waals surface area contributed by atoms with Crippen molar-refractivity contribution in [1.82, 2.24) is 0 Å². The summed E-state index contributed by atoms with van der Waals surface area (Å²) in [7, 11) is 0. The SMILES string of the molecule is CCOC(=O)c1c(NC(=O)C(OC(C)=O)c2ccccc2)sc2c1CCC(C)C2. The van der Waals surface area contributed by atoms with Gasteiger partial charge in [-0.05, 0) is 37.7 Å². The molecule has 2 atom stereocenters. The molecule has 1 aromatic carbocycles. The molecule has 0 fully saturated rings. The van der Waals surface area contributed by atoms with Crippen LogP contribution < -0.4 is 5.32 Å². The van der Waals surface area contributed by atoms with Gasteiger partial charge in [-0.15, -0.1) is 11.3 Å². The first-order valence-electron chi connectivity index (χ1n) is 9.75. The van der Waals surface area contributed by atoms with Crippen LogP contribution in [0.1, 0.15) is 59.7 Å². The summed E-state index contributed by atoms with van der Waals surface area (Å²) in [5.74, 6) is -0.959. The second-order valence-electron chi connectivity index (χ2n) is 7.17. The molecule has 6 nitrogen and oxygen atoms in total. The number of rotatable bonds is 6. The Morgan fingerprint density at radius 3 is 2.62 bits per heavy atom. The highest BCUT2D eigenvalue weighted by Gasteiger charge is 2.31. The minimum absolute atomic E-state index is 0.257. The molecule has 0 saturated carbocycles. The second-order valence-corrected chi connectivity index (χ2v) is 8.27. The number of anilines is 1. The van der Waals surface area contributed by atoms with E-state index in [2.05, 4.69) is 12.2 Å². The van der Waals surface area contributed by atoms with Crippen molar-refractivity contribution in [3.63, 3.8) is 0 Å². The number of carbonyl (C=O) groups excluding carboxylic acids is 3. The zero-order chi connectivity index (χ0) is 21.0. The lowest BCUT2D eigenvalue weighted by molar-refractivity contribution is -0.152. The monoisotopic (exact) mass is 415 g/mol. The maximum absolute atomic E-state index is 13.0. The number of amides is 1. The van der Waals surface area contributed by atoms with Crippen LogP contribution in [0.25, 0.3) is 0 Å². The summed E-state index contributed by atoms with van der Waals surface area (Å²) >= 11 is 1.41. The Morgan fingerprint density at radius 2 is 1.97 bits per heavy atom. The Bertz CT molecular complexity index is 905. The summed E-state index contributed by atoms with van der Waals surface area (Å²) in [6, 6.07) is 8.81. The first-order valence-corrected chi connectivity index (χ1v) is 10.6. The van der Waals surface area contributed by atoms with Gasteiger partial charge in [0.1, 0.15) is 5.00 Å². The smallest absolute Gasteiger partial charge is 0.341 e. The molecule has 7 heteroatoms. The van der Waals surface area contributed by atoms with Gasteiger partial charge in [-0.2, -0.15) is 0 Å². The molecule has 0 bridgehead atoms. The van der Waals surface area contributed by atoms with Crippen LogP contribution in [-0.2, 0) is 31.9 Å². The van der Waals surface area contributed by atoms with Gasteiger partial charge < -0.3 is 14.8 Å². The van der Waals surface area contributed by atoms with E-state index in [-0.39, 0.29) is 6.61 Å². The number of esters is 2. The third kappa shape index (κ3) is 4.85. The topological polar surface area (TPSA) is 81.7 Å². The molecule has 1 aliphatic carbocycles. The minimum atomic E-state index is -1.10. The Hall–Kier alpha value is -2.67. The standard InChI is InChI=1S/C22H25NO5S/c1-4-27-22(26)18-16-11-10-13(2)12-17(16)29-21(18)23-20(25)19(28-14(3)24)15-8-6-5-7-9-15/h5-9,13,19H,4,10-12H2,1-3H3,(H,23,25). The number of ether oxygens (including phenoxy) is 2. The summed E-state index contributed by atoms with van der Waals surface area (Å²) in [6.45, 7) is 5.45. The predicted molar refractivity (Wildman–Crippen MR) is 111 cm³/mol. The van der Waals surface area contributed by atoms with Gasteiger partial charge >= 0.3 is 11.9 Å². The van der Waals surface area contributed by atoms with Gasteiger partial charge in [-0.25, -0.2) is 4.79 Å². The molecule has 154 valence electrons. The van der Waals surface area contributed by atoms with Gasteiger partial charge in [0.2, 0.25) is 6.10 Å². The van der Waals surface area contributed by atoms with Crippen molar-refractivity contribution in [3.8, 4) is 0 Å². The molecule has 1 aliphatic rings. The maximum Gasteiger partial charge on any atom is 0.341 e. The highest BCUT2D eigenvalue weighted by molar-refractivity contribution is 7.17. The van der Waals surface area contributed by atoms with Crippen molar-refractivity contribution in [2.24, 2.45) is 5.92 Å². The van der Waals surface area contributed by atoms with Crippen LogP contribution in [0.2, 0.25) is 0 Å². The first kappa shape index (κ1) is 21.0. The molecule has 0 spiro atoms. The third-order valence-electron chi connectivity index (χ3n) is 4.85. The predicted octanol–water partition coefficient (Wildman–Crippen LogP) is 4.29. The third-order valence-corrected chi connectivity index (χ3v) is 6.02. The maximum atomic E-state index is 13.0. The molecule has 0 saturated heterocycles. The molecule has 2 aromatic rings. The van der Waals surface area contributed by atoms with Gasteiger partial charge in [-0.3, -0.25) is 9.59 Å². The Balaban J connectivity index is 1.94. The van der Waals surface area contributed by atoms with E-state index in [1.807, 2.05) is 6.07 Å². The van der Waals surface area contributed by atoms with E-state index in [0.29, 0.717) is 22.0 Å². The van der Waals surface area contributed by atoms with E-state index in [1.165, 1.54) is 18.3 Å². The van der Waals surface area contributed by atoms with Crippen molar-refractivity contribution >= 4 is 34.2 Å². The fraction of sp³-hybridized carbons (Fsp3) is 0.409. The van der Waals surface area contributed by atoms with E-state index in [9.17, 15) is 14.4 Å². The average Bonchev–Trinajstić information content (AvgIpc) is 3.03. The molecule has 2 unspecified atom stereocenters. The molecule has 1 N–H and O–H groups in total. The van der Waals surface area contributed by atoms with E-state index >= 15 is 0 Å². The number of hydrogen-bond acceptors (Lipinski definition) is 6. The highest BCUT2D eigenvalue weighted by atomic mass is 32.1. The highest BCUT2D eigenvalue weighted by Crippen LogP contribution is 2.40. The number of nitrogens with one attached hydrogen (secondary N) is 1.